The van der Waals surface area contributed by atoms with Crippen LogP contribution >= 0.6 is 34.8 Å². The van der Waals surface area contributed by atoms with Crippen molar-refractivity contribution in [1.82, 2.24) is 44.0 Å². The molecule has 3 aliphatic heterocycles. The summed E-state index contributed by atoms with van der Waals surface area (Å²) in [4.78, 5) is 41.8. The standard InChI is InChI=1S/3C22H24ClN3O/c3*1-25-13-4-5-18(12-14-25)26-22(27)20-7-3-2-6-19(20)21(24-26)15-16-8-10-17(23)11-9-16/h3*2-3,6-11,18H,4-5,12-15H2,1H3/i4D2,5D2,8D,9D,10D,11D,12D2,13D2,14D2,15D2,18D;2D,3D,4D2,5D2,6D,7D,12D2,13D2,14D2,15D2,18D;2D,3D,4D2,5D2,6D,7D,12D2,13D2,14D2,18D. The van der Waals surface area contributed by atoms with Gasteiger partial charge < -0.3 is 14.7 Å². The number of hydrogen-bond donors (Lipinski definition) is 0. The first-order valence-corrected chi connectivity index (χ1v) is 24.5. The average molecular weight is 1200 g/mol. The summed E-state index contributed by atoms with van der Waals surface area (Å²) in [7, 11) is 1.94. The van der Waals surface area contributed by atoms with Crippen LogP contribution < -0.4 is 16.7 Å². The van der Waals surface area contributed by atoms with Gasteiger partial charge in [0.2, 0.25) is 0 Å². The predicted molar refractivity (Wildman–Crippen MR) is 332 cm³/mol. The molecule has 12 nitrogen and oxygen atoms in total. The van der Waals surface area contributed by atoms with E-state index in [4.69, 9.17) is 97.9 Å². The molecule has 0 radical (unpaired) electrons. The number of benzene rings is 6. The third-order valence-corrected chi connectivity index (χ3v) is 11.7. The lowest BCUT2D eigenvalue weighted by atomic mass is 10.0. The second kappa shape index (κ2) is 27.0. The van der Waals surface area contributed by atoms with Crippen molar-refractivity contribution in [3.63, 3.8) is 0 Å². The molecular weight excluding hydrogens is 1070 g/mol. The average Bonchev–Trinajstić information content (AvgIpc) is 1.46. The molecule has 0 spiro atoms. The summed E-state index contributed by atoms with van der Waals surface area (Å²) in [6.07, 6.45) is -42.6. The van der Waals surface area contributed by atoms with E-state index in [9.17, 15) is 18.5 Å². The fraction of sp³-hybridized carbons (Fsp3) is 0.364. The van der Waals surface area contributed by atoms with Gasteiger partial charge in [0.15, 0.2) is 0 Å². The zero-order valence-electron chi connectivity index (χ0n) is 91.0. The maximum Gasteiger partial charge on any atom is 0.274 e. The van der Waals surface area contributed by atoms with Gasteiger partial charge in [-0.05, 0) is 189 Å². The summed E-state index contributed by atoms with van der Waals surface area (Å²) >= 11 is 17.7. The smallest absolute Gasteiger partial charge is 0.274 e. The minimum Gasteiger partial charge on any atom is -0.306 e. The summed E-state index contributed by atoms with van der Waals surface area (Å²) in [6, 6.07) is -7.46. The molecule has 3 unspecified atom stereocenters. The first kappa shape index (κ1) is 22.9. The molecule has 15 heteroatoms. The molecule has 9 aromatic rings. The molecule has 3 aliphatic rings. The third kappa shape index (κ3) is 14.4. The predicted octanol–water partition coefficient (Wildman–Crippen LogP) is 12.9. The van der Waals surface area contributed by atoms with E-state index in [-0.39, 0.29) is 56.8 Å². The van der Waals surface area contributed by atoms with Gasteiger partial charge in [0.05, 0.1) is 71.9 Å². The highest BCUT2D eigenvalue weighted by atomic mass is 35.5. The van der Waals surface area contributed by atoms with Crippen LogP contribution in [-0.2, 0) is 19.2 Å². The molecule has 6 aromatic carbocycles. The van der Waals surface area contributed by atoms with E-state index in [1.54, 1.807) is 0 Å². The van der Waals surface area contributed by atoms with Crippen molar-refractivity contribution in [1.29, 1.82) is 0 Å². The number of rotatable bonds is 9. The lowest BCUT2D eigenvalue weighted by Gasteiger charge is -2.19. The molecule has 3 atom stereocenters. The number of hydrogen-bond acceptors (Lipinski definition) is 9. The molecule has 12 rings (SSSR count). The van der Waals surface area contributed by atoms with Crippen LogP contribution in [0.3, 0.4) is 0 Å². The molecule has 0 saturated carbocycles. The van der Waals surface area contributed by atoms with Gasteiger partial charge in [0.1, 0.15) is 0 Å². The maximum absolute atomic E-state index is 14.1. The first-order chi connectivity index (χ1) is 58.3. The van der Waals surface area contributed by atoms with Gasteiger partial charge in [0, 0.05) is 97.0 Å². The summed E-state index contributed by atoms with van der Waals surface area (Å²) in [5.74, 6) is 0. The van der Waals surface area contributed by atoms with Crippen molar-refractivity contribution in [3.8, 4) is 0 Å². The van der Waals surface area contributed by atoms with E-state index in [2.05, 4.69) is 15.3 Å². The Balaban J connectivity index is 0.000000203. The lowest BCUT2D eigenvalue weighted by molar-refractivity contribution is 0.334. The summed E-state index contributed by atoms with van der Waals surface area (Å²) in [6.45, 7) is -22.0. The van der Waals surface area contributed by atoms with E-state index < -0.39 is 265 Å². The van der Waals surface area contributed by atoms with Crippen LogP contribution in [0.1, 0.15) is 176 Å². The lowest BCUT2D eigenvalue weighted by Crippen LogP contribution is -2.29. The fourth-order valence-electron chi connectivity index (χ4n) is 7.27. The molecule has 3 aromatic heterocycles. The van der Waals surface area contributed by atoms with Gasteiger partial charge in [-0.2, -0.15) is 15.3 Å². The van der Waals surface area contributed by atoms with Crippen LogP contribution in [0.15, 0.2) is 160 Å². The van der Waals surface area contributed by atoms with Crippen molar-refractivity contribution in [2.24, 2.45) is 0 Å². The summed E-state index contributed by atoms with van der Waals surface area (Å²) in [5.41, 5.74) is -8.06. The number of nitrogens with zero attached hydrogens (tertiary/aromatic N) is 9. The highest BCUT2D eigenvalue weighted by Gasteiger charge is 2.24. The minimum atomic E-state index is -4.20. The molecule has 0 bridgehead atoms. The van der Waals surface area contributed by atoms with Crippen molar-refractivity contribution in [2.75, 3.05) is 60.1 Å². The monoisotopic (exact) mass is 1190 g/mol. The number of aromatic nitrogens is 6. The van der Waals surface area contributed by atoms with Crippen molar-refractivity contribution in [3.05, 3.63) is 225 Å². The number of fused-ring (bicyclic) bond motifs is 3. The molecule has 0 amide bonds. The van der Waals surface area contributed by atoms with E-state index in [0.29, 0.717) is 31.7 Å². The molecule has 0 N–H and O–H groups in total. The SMILES string of the molecule is [2H]c1c([2H])c(C([2H])([2H])c2nn(C3([2H])C([2H])([2H])C([2H])([2H])N(C)C([2H])([2H])C([2H])([2H])C3([2H])[2H])c(=O)c3ccccc23)c([2H])c([2H])c1Cl.[2H]c1c([2H])c([2H])c2c(=O)n(C3([2H])C([2H])([2H])C([2H])([2H])N(C)C([2H])([2H])C([2H])([2H])C3([2H])[2H])nc(C([2H])([2H])c3ccc(Cl)cc3)c2c1[2H].[2H]c1c([2H])c([2H])c2c(=O)n(C3([2H])C([2H])([2H])C([2H])([2H])N(C)C([2H])([2H])C([2H])([2H])C3([2H])[2H])nc(Cc3ccc(Cl)cc3)c2c1[2H]. The Morgan fingerprint density at radius 2 is 0.827 bits per heavy atom. The van der Waals surface area contributed by atoms with Gasteiger partial charge >= 0.3 is 0 Å². The third-order valence-electron chi connectivity index (χ3n) is 11.0. The molecule has 420 valence electrons. The normalized spacial score (nSPS) is 39.8. The highest BCUT2D eigenvalue weighted by Crippen LogP contribution is 2.28. The first-order valence-electron chi connectivity index (χ1n) is 47.9. The van der Waals surface area contributed by atoms with Crippen LogP contribution in [0, 0.1) is 0 Å². The molecule has 6 heterocycles. The van der Waals surface area contributed by atoms with Crippen LogP contribution in [0.2, 0.25) is 15.1 Å². The Bertz CT molecular complexity index is 6320. The van der Waals surface area contributed by atoms with Crippen LogP contribution in [-0.4, -0.2) is 104 Å². The van der Waals surface area contributed by atoms with Gasteiger partial charge in [-0.3, -0.25) is 14.4 Å². The van der Waals surface area contributed by atoms with Gasteiger partial charge in [-0.1, -0.05) is 126 Å². The molecule has 3 fully saturated rings. The number of halogens is 3. The van der Waals surface area contributed by atoms with E-state index >= 15 is 0 Å². The highest BCUT2D eigenvalue weighted by molar-refractivity contribution is 6.31. The molecule has 0 aliphatic carbocycles. The Kier molecular flexibility index (Phi) is 7.65. The summed E-state index contributed by atoms with van der Waals surface area (Å²) < 4.78 is 417. The molecular formula is C66H72Cl3N9O3. The van der Waals surface area contributed by atoms with Gasteiger partial charge in [0.25, 0.3) is 16.7 Å². The molecule has 3 saturated heterocycles. The second-order valence-corrected chi connectivity index (χ2v) is 17.9. The Morgan fingerprint density at radius 1 is 0.444 bits per heavy atom. The molecule has 81 heavy (non-hydrogen) atoms. The topological polar surface area (TPSA) is 114 Å². The van der Waals surface area contributed by atoms with Gasteiger partial charge in [-0.15, -0.1) is 0 Å². The van der Waals surface area contributed by atoms with Gasteiger partial charge in [-0.25, -0.2) is 14.0 Å². The van der Waals surface area contributed by atoms with E-state index in [1.165, 1.54) is 60.7 Å². The fourth-order valence-corrected chi connectivity index (χ4v) is 7.62. The quantitative estimate of drug-likeness (QED) is 0.139. The zero-order chi connectivity index (χ0) is 100. The minimum absolute atomic E-state index is 0.0130. The van der Waals surface area contributed by atoms with Crippen LogP contribution in [0.5, 0.6) is 0 Å². The zero-order valence-corrected chi connectivity index (χ0v) is 44.3. The van der Waals surface area contributed by atoms with Crippen LogP contribution in [0.25, 0.3) is 32.3 Å². The van der Waals surface area contributed by atoms with E-state index in [1.807, 2.05) is 0 Å². The largest absolute Gasteiger partial charge is 0.306 e. The second-order valence-electron chi connectivity index (χ2n) is 16.6. The number of likely N-dealkylation sites (tertiary alicyclic amines) is 3. The maximum atomic E-state index is 14.1. The van der Waals surface area contributed by atoms with Crippen molar-refractivity contribution < 1.29 is 67.2 Å². The van der Waals surface area contributed by atoms with Crippen molar-refractivity contribution >= 4 is 67.1 Å². The van der Waals surface area contributed by atoms with Crippen molar-refractivity contribution in [2.45, 2.75) is 94.6 Å². The Morgan fingerprint density at radius 3 is 1.31 bits per heavy atom. The Labute approximate surface area is 558 Å². The van der Waals surface area contributed by atoms with Crippen LogP contribution in [0.4, 0.5) is 0 Å². The summed E-state index contributed by atoms with van der Waals surface area (Å²) in [5, 5.41) is 7.47. The van der Waals surface area contributed by atoms with E-state index in [0.717, 1.165) is 12.1 Å². The Hall–Kier alpha value is -6.51.